The Kier molecular flexibility index (Phi) is 7.37. The first-order valence-electron chi connectivity index (χ1n) is 9.95. The molecule has 0 saturated heterocycles. The first-order valence-corrected chi connectivity index (χ1v) is 11.9. The Morgan fingerprint density at radius 2 is 1.39 bits per heavy atom. The lowest BCUT2D eigenvalue weighted by atomic mass is 9.95. The molecule has 2 atom stereocenters. The molecule has 4 heteroatoms. The van der Waals surface area contributed by atoms with E-state index in [1.54, 1.807) is 7.11 Å². The van der Waals surface area contributed by atoms with Crippen molar-refractivity contribution in [1.82, 2.24) is 0 Å². The molecule has 0 amide bonds. The van der Waals surface area contributed by atoms with E-state index < -0.39 is 13.9 Å². The first-order chi connectivity index (χ1) is 13.2. The maximum atomic E-state index is 11.4. The van der Waals surface area contributed by atoms with Crippen LogP contribution >= 0.6 is 0 Å². The van der Waals surface area contributed by atoms with E-state index in [0.29, 0.717) is 13.0 Å². The highest BCUT2D eigenvalue weighted by Crippen LogP contribution is 2.37. The number of carbonyl (C=O) groups is 1. The van der Waals surface area contributed by atoms with Crippen LogP contribution in [0.25, 0.3) is 0 Å². The second-order valence-electron chi connectivity index (χ2n) is 8.92. The highest BCUT2D eigenvalue weighted by Gasteiger charge is 2.50. The van der Waals surface area contributed by atoms with Crippen LogP contribution in [0.3, 0.4) is 0 Å². The maximum Gasteiger partial charge on any atom is 0.261 e. The summed E-state index contributed by atoms with van der Waals surface area (Å²) in [4.78, 5) is 11.4. The van der Waals surface area contributed by atoms with Crippen molar-refractivity contribution in [3.63, 3.8) is 0 Å². The van der Waals surface area contributed by atoms with Gasteiger partial charge < -0.3 is 14.0 Å². The second-order valence-corrected chi connectivity index (χ2v) is 13.2. The Balaban J connectivity index is 2.43. The summed E-state index contributed by atoms with van der Waals surface area (Å²) in [5.74, 6) is 0.191. The van der Waals surface area contributed by atoms with E-state index in [-0.39, 0.29) is 11.0 Å². The Hall–Kier alpha value is -1.75. The van der Waals surface area contributed by atoms with E-state index in [1.165, 1.54) is 10.4 Å². The van der Waals surface area contributed by atoms with Crippen LogP contribution in [0.15, 0.2) is 60.7 Å². The van der Waals surface area contributed by atoms with Gasteiger partial charge in [-0.1, -0.05) is 88.4 Å². The zero-order valence-electron chi connectivity index (χ0n) is 18.1. The van der Waals surface area contributed by atoms with Crippen LogP contribution in [0.1, 0.15) is 41.0 Å². The summed E-state index contributed by atoms with van der Waals surface area (Å²) in [6.45, 7) is 11.4. The smallest absolute Gasteiger partial charge is 0.261 e. The molecule has 3 nitrogen and oxygen atoms in total. The lowest BCUT2D eigenvalue weighted by Crippen LogP contribution is -2.66. The molecule has 0 fully saturated rings. The number of aldehydes is 1. The molecule has 2 aromatic rings. The van der Waals surface area contributed by atoms with Gasteiger partial charge in [0, 0.05) is 13.7 Å². The largest absolute Gasteiger partial charge is 0.407 e. The molecule has 2 aromatic carbocycles. The van der Waals surface area contributed by atoms with Crippen molar-refractivity contribution in [2.75, 3.05) is 13.7 Å². The summed E-state index contributed by atoms with van der Waals surface area (Å²) in [7, 11) is -0.950. The van der Waals surface area contributed by atoms with Crippen molar-refractivity contribution < 1.29 is 14.0 Å². The topological polar surface area (TPSA) is 35.5 Å². The lowest BCUT2D eigenvalue weighted by molar-refractivity contribution is -0.127. The molecule has 2 rings (SSSR count). The van der Waals surface area contributed by atoms with Crippen molar-refractivity contribution in [2.24, 2.45) is 5.92 Å². The second kappa shape index (κ2) is 9.16. The number of benzene rings is 2. The fourth-order valence-corrected chi connectivity index (χ4v) is 8.65. The Morgan fingerprint density at radius 1 is 0.929 bits per heavy atom. The van der Waals surface area contributed by atoms with E-state index in [0.717, 1.165) is 6.29 Å². The number of hydrogen-bond donors (Lipinski definition) is 0. The van der Waals surface area contributed by atoms with E-state index in [1.807, 2.05) is 19.1 Å². The van der Waals surface area contributed by atoms with Gasteiger partial charge in [-0.05, 0) is 34.7 Å². The minimum absolute atomic E-state index is 0.0509. The molecular weight excluding hydrogens is 364 g/mol. The maximum absolute atomic E-state index is 11.4. The van der Waals surface area contributed by atoms with E-state index in [9.17, 15) is 4.79 Å². The van der Waals surface area contributed by atoms with E-state index in [2.05, 4.69) is 76.2 Å². The standard InChI is InChI=1S/C24H34O3Si/c1-20(17-24(5,19-25)26-6)18-27-28(23(2,3)4,21-13-9-7-10-14-21)22-15-11-8-12-16-22/h7-16,19-20H,17-18H2,1-6H3/t20-,24-/m1/s1. The lowest BCUT2D eigenvalue weighted by Gasteiger charge is -2.43. The van der Waals surface area contributed by atoms with Gasteiger partial charge in [0.05, 0.1) is 0 Å². The van der Waals surface area contributed by atoms with Gasteiger partial charge in [-0.3, -0.25) is 0 Å². The van der Waals surface area contributed by atoms with E-state index >= 15 is 0 Å². The van der Waals surface area contributed by atoms with Gasteiger partial charge in [-0.15, -0.1) is 0 Å². The molecule has 0 unspecified atom stereocenters. The third-order valence-corrected chi connectivity index (χ3v) is 10.5. The van der Waals surface area contributed by atoms with Crippen LogP contribution in [0.5, 0.6) is 0 Å². The van der Waals surface area contributed by atoms with Gasteiger partial charge >= 0.3 is 0 Å². The predicted molar refractivity (Wildman–Crippen MR) is 119 cm³/mol. The van der Waals surface area contributed by atoms with Gasteiger partial charge in [0.15, 0.2) is 6.29 Å². The summed E-state index contributed by atoms with van der Waals surface area (Å²) in [6.07, 6.45) is 1.53. The van der Waals surface area contributed by atoms with Crippen molar-refractivity contribution in [3.05, 3.63) is 60.7 Å². The van der Waals surface area contributed by atoms with Crippen molar-refractivity contribution in [3.8, 4) is 0 Å². The molecular formula is C24H34O3Si. The molecule has 0 aromatic heterocycles. The summed E-state index contributed by atoms with van der Waals surface area (Å²) in [6, 6.07) is 21.2. The van der Waals surface area contributed by atoms with Crippen LogP contribution < -0.4 is 10.4 Å². The average molecular weight is 399 g/mol. The molecule has 0 aliphatic heterocycles. The number of ether oxygens (including phenoxy) is 1. The molecule has 0 heterocycles. The molecule has 0 N–H and O–H groups in total. The summed E-state index contributed by atoms with van der Waals surface area (Å²) in [5.41, 5.74) is -0.770. The molecule has 0 bridgehead atoms. The number of carbonyl (C=O) groups excluding carboxylic acids is 1. The van der Waals surface area contributed by atoms with Gasteiger partial charge in [0.25, 0.3) is 8.32 Å². The molecule has 152 valence electrons. The molecule has 0 aliphatic carbocycles. The minimum atomic E-state index is -2.54. The summed E-state index contributed by atoms with van der Waals surface area (Å²) >= 11 is 0. The third kappa shape index (κ3) is 4.80. The Labute approximate surface area is 171 Å². The monoisotopic (exact) mass is 398 g/mol. The quantitative estimate of drug-likeness (QED) is 0.469. The van der Waals surface area contributed by atoms with Gasteiger partial charge in [0.1, 0.15) is 5.60 Å². The van der Waals surface area contributed by atoms with Crippen LogP contribution in [0, 0.1) is 5.92 Å². The van der Waals surface area contributed by atoms with Crippen molar-refractivity contribution in [1.29, 1.82) is 0 Å². The Morgan fingerprint density at radius 3 is 1.75 bits per heavy atom. The highest BCUT2D eigenvalue weighted by atomic mass is 28.4. The molecule has 0 saturated carbocycles. The summed E-state index contributed by atoms with van der Waals surface area (Å²) in [5, 5.41) is 2.49. The van der Waals surface area contributed by atoms with Crippen LogP contribution in [-0.2, 0) is 14.0 Å². The van der Waals surface area contributed by atoms with E-state index in [4.69, 9.17) is 9.16 Å². The number of hydrogen-bond acceptors (Lipinski definition) is 3. The summed E-state index contributed by atoms with van der Waals surface area (Å²) < 4.78 is 12.3. The molecule has 28 heavy (non-hydrogen) atoms. The molecule has 0 radical (unpaired) electrons. The number of methoxy groups -OCH3 is 1. The number of rotatable bonds is 9. The highest BCUT2D eigenvalue weighted by molar-refractivity contribution is 6.99. The fraction of sp³-hybridized carbons (Fsp3) is 0.458. The average Bonchev–Trinajstić information content (AvgIpc) is 2.69. The fourth-order valence-electron chi connectivity index (χ4n) is 3.96. The predicted octanol–water partition coefficient (Wildman–Crippen LogP) is 4.19. The van der Waals surface area contributed by atoms with Gasteiger partial charge in [0.2, 0.25) is 0 Å². The molecule has 0 aliphatic rings. The van der Waals surface area contributed by atoms with Crippen molar-refractivity contribution in [2.45, 2.75) is 51.7 Å². The third-order valence-electron chi connectivity index (χ3n) is 5.47. The van der Waals surface area contributed by atoms with Crippen molar-refractivity contribution >= 4 is 25.0 Å². The van der Waals surface area contributed by atoms with Gasteiger partial charge in [-0.2, -0.15) is 0 Å². The molecule has 0 spiro atoms. The van der Waals surface area contributed by atoms with Crippen LogP contribution in [0.4, 0.5) is 0 Å². The Bertz CT molecular complexity index is 700. The van der Waals surface area contributed by atoms with Crippen LogP contribution in [-0.4, -0.2) is 33.9 Å². The first kappa shape index (κ1) is 22.5. The van der Waals surface area contributed by atoms with Gasteiger partial charge in [-0.25, -0.2) is 0 Å². The normalized spacial score (nSPS) is 15.6. The zero-order valence-corrected chi connectivity index (χ0v) is 19.1. The zero-order chi connectivity index (χ0) is 20.8. The van der Waals surface area contributed by atoms with Crippen LogP contribution in [0.2, 0.25) is 5.04 Å². The SMILES string of the molecule is CO[C@@](C)(C=O)C[C@@H](C)CO[Si](c1ccccc1)(c1ccccc1)C(C)(C)C. The minimum Gasteiger partial charge on any atom is -0.407 e.